The first-order chi connectivity index (χ1) is 22.1. The van der Waals surface area contributed by atoms with E-state index in [1.54, 1.807) is 0 Å². The second-order valence-corrected chi connectivity index (χ2v) is 11.8. The van der Waals surface area contributed by atoms with Gasteiger partial charge in [-0.25, -0.2) is 27.2 Å². The van der Waals surface area contributed by atoms with Crippen molar-refractivity contribution in [2.24, 2.45) is 0 Å². The Hall–Kier alpha value is -5.12. The number of morpholine rings is 1. The van der Waals surface area contributed by atoms with E-state index in [4.69, 9.17) is 25.1 Å². The molecule has 0 unspecified atom stereocenters. The zero-order chi connectivity index (χ0) is 32.8. The summed E-state index contributed by atoms with van der Waals surface area (Å²) in [4.78, 5) is 18.8. The lowest BCUT2D eigenvalue weighted by molar-refractivity contribution is -0.122. The fraction of sp³-hybridized carbons (Fsp3) is 0.194. The third-order valence-electron chi connectivity index (χ3n) is 7.16. The number of nitrogen functional groups attached to an aromatic ring is 1. The van der Waals surface area contributed by atoms with Crippen molar-refractivity contribution < 1.29 is 36.6 Å². The summed E-state index contributed by atoms with van der Waals surface area (Å²) in [6.45, 7) is 3.71. The Labute approximate surface area is 263 Å². The van der Waals surface area contributed by atoms with Crippen molar-refractivity contribution in [1.82, 2.24) is 19.4 Å². The maximum absolute atomic E-state index is 14.3. The smallest absolute Gasteiger partial charge is 0.290 e. The molecule has 1 aliphatic rings. The van der Waals surface area contributed by atoms with Gasteiger partial charge in [-0.05, 0) is 53.6 Å². The van der Waals surface area contributed by atoms with E-state index in [1.807, 2.05) is 34.9 Å². The highest BCUT2D eigenvalue weighted by Crippen LogP contribution is 2.33. The number of fused-ring (bicyclic) bond motifs is 1. The average molecular weight is 653 g/mol. The molecule has 1 fully saturated rings. The number of benzene rings is 3. The molecule has 15 heteroatoms. The van der Waals surface area contributed by atoms with Gasteiger partial charge in [0.15, 0.2) is 0 Å². The summed E-state index contributed by atoms with van der Waals surface area (Å²) in [7, 11) is -3.10. The van der Waals surface area contributed by atoms with Gasteiger partial charge >= 0.3 is 0 Å². The van der Waals surface area contributed by atoms with Crippen LogP contribution in [0.1, 0.15) is 5.56 Å². The van der Waals surface area contributed by atoms with E-state index >= 15 is 0 Å². The fourth-order valence-electron chi connectivity index (χ4n) is 5.09. The Kier molecular flexibility index (Phi) is 9.75. The third-order valence-corrected chi connectivity index (χ3v) is 8.56. The van der Waals surface area contributed by atoms with Crippen LogP contribution in [0.15, 0.2) is 77.8 Å². The van der Waals surface area contributed by atoms with Gasteiger partial charge in [0.1, 0.15) is 22.2 Å². The first-order valence-electron chi connectivity index (χ1n) is 13.9. The summed E-state index contributed by atoms with van der Waals surface area (Å²) in [6.07, 6.45) is 1.53. The number of pyridine rings is 1. The molecule has 3 heterocycles. The van der Waals surface area contributed by atoms with Crippen molar-refractivity contribution in [2.75, 3.05) is 43.9 Å². The van der Waals surface area contributed by atoms with E-state index in [1.165, 1.54) is 19.4 Å². The molecular weight excluding hydrogens is 622 g/mol. The van der Waals surface area contributed by atoms with Crippen molar-refractivity contribution in [2.45, 2.75) is 11.4 Å². The number of anilines is 2. The van der Waals surface area contributed by atoms with E-state index < -0.39 is 26.6 Å². The van der Waals surface area contributed by atoms with Crippen LogP contribution in [0.25, 0.3) is 27.8 Å². The normalized spacial score (nSPS) is 13.5. The van der Waals surface area contributed by atoms with Crippen LogP contribution >= 0.6 is 0 Å². The number of carboxylic acid groups (broad SMARTS) is 1. The summed E-state index contributed by atoms with van der Waals surface area (Å²) in [5, 5.41) is 6.89. The number of methoxy groups -OCH3 is 1. The van der Waals surface area contributed by atoms with Crippen molar-refractivity contribution in [3.63, 3.8) is 0 Å². The molecule has 12 nitrogen and oxygen atoms in total. The minimum Gasteiger partial charge on any atom is -0.483 e. The van der Waals surface area contributed by atoms with Crippen LogP contribution in [-0.4, -0.2) is 72.8 Å². The molecule has 6 rings (SSSR count). The van der Waals surface area contributed by atoms with Gasteiger partial charge in [-0.2, -0.15) is 0 Å². The lowest BCUT2D eigenvalue weighted by Gasteiger charge is -2.26. The number of hydrogen-bond acceptors (Lipinski definition) is 9. The van der Waals surface area contributed by atoms with Crippen LogP contribution in [0.4, 0.5) is 20.4 Å². The predicted octanol–water partition coefficient (Wildman–Crippen LogP) is 4.29. The van der Waals surface area contributed by atoms with E-state index in [0.717, 1.165) is 48.5 Å². The number of imidazole rings is 1. The number of nitrogens with zero attached hydrogens (tertiary/aromatic N) is 4. The van der Waals surface area contributed by atoms with Crippen molar-refractivity contribution in [3.8, 4) is 22.7 Å². The minimum atomic E-state index is -4.43. The van der Waals surface area contributed by atoms with Crippen molar-refractivity contribution >= 4 is 39.2 Å². The van der Waals surface area contributed by atoms with E-state index in [-0.39, 0.29) is 18.0 Å². The fourth-order valence-corrected chi connectivity index (χ4v) is 6.20. The summed E-state index contributed by atoms with van der Waals surface area (Å²) in [5.41, 5.74) is 11.0. The van der Waals surface area contributed by atoms with Crippen LogP contribution in [0.2, 0.25) is 0 Å². The molecule has 0 aliphatic carbocycles. The van der Waals surface area contributed by atoms with Gasteiger partial charge in [0.2, 0.25) is 11.8 Å². The van der Waals surface area contributed by atoms with Crippen LogP contribution in [0.3, 0.4) is 0 Å². The molecule has 2 aromatic heterocycles. The molecule has 0 bridgehead atoms. The quantitative estimate of drug-likeness (QED) is 0.206. The number of nitrogens with one attached hydrogen (secondary N) is 1. The Morgan fingerprint density at radius 3 is 2.54 bits per heavy atom. The number of ether oxygens (including phenoxy) is 2. The highest BCUT2D eigenvalue weighted by Gasteiger charge is 2.23. The number of nitrogens with two attached hydrogens (primary N) is 1. The van der Waals surface area contributed by atoms with Gasteiger partial charge in [-0.1, -0.05) is 18.2 Å². The van der Waals surface area contributed by atoms with Crippen molar-refractivity contribution in [3.05, 3.63) is 90.1 Å². The number of aromatic nitrogens is 3. The van der Waals surface area contributed by atoms with Crippen LogP contribution < -0.4 is 15.2 Å². The van der Waals surface area contributed by atoms with Crippen LogP contribution in [0.5, 0.6) is 5.88 Å². The zero-order valence-corrected chi connectivity index (χ0v) is 25.4. The highest BCUT2D eigenvalue weighted by atomic mass is 32.2. The number of carbonyl (C=O) groups is 1. The second kappa shape index (κ2) is 13.9. The molecule has 0 radical (unpaired) electrons. The number of sulfonamides is 1. The molecule has 0 atom stereocenters. The van der Waals surface area contributed by atoms with Gasteiger partial charge in [-0.15, -0.1) is 0 Å². The summed E-state index contributed by atoms with van der Waals surface area (Å²) in [6, 6.07) is 17.4. The predicted molar refractivity (Wildman–Crippen MR) is 167 cm³/mol. The van der Waals surface area contributed by atoms with Crippen LogP contribution in [0, 0.1) is 11.6 Å². The van der Waals surface area contributed by atoms with Crippen molar-refractivity contribution in [1.29, 1.82) is 0 Å². The first kappa shape index (κ1) is 32.3. The largest absolute Gasteiger partial charge is 0.483 e. The first-order valence-corrected chi connectivity index (χ1v) is 15.4. The lowest BCUT2D eigenvalue weighted by atomic mass is 10.1. The van der Waals surface area contributed by atoms with Gasteiger partial charge in [0, 0.05) is 43.1 Å². The number of rotatable bonds is 8. The van der Waals surface area contributed by atoms with E-state index in [0.29, 0.717) is 41.9 Å². The zero-order valence-electron chi connectivity index (χ0n) is 24.6. The van der Waals surface area contributed by atoms with Gasteiger partial charge in [0.25, 0.3) is 16.5 Å². The lowest BCUT2D eigenvalue weighted by Crippen LogP contribution is -2.35. The molecule has 0 saturated carbocycles. The molecule has 46 heavy (non-hydrogen) atoms. The third kappa shape index (κ3) is 7.06. The maximum Gasteiger partial charge on any atom is 0.290 e. The Morgan fingerprint density at radius 1 is 1.07 bits per heavy atom. The Morgan fingerprint density at radius 2 is 1.83 bits per heavy atom. The highest BCUT2D eigenvalue weighted by molar-refractivity contribution is 7.92. The van der Waals surface area contributed by atoms with Gasteiger partial charge in [-0.3, -0.25) is 19.0 Å². The molecule has 5 aromatic rings. The SMILES string of the molecule is COc1ncc(-c2ccc3nc(N)n(-c4cccc(CN5CCOCC5)c4)c3c2)cc1NS(=O)(=O)c1ccc(F)cc1F.O=CO. The summed E-state index contributed by atoms with van der Waals surface area (Å²) >= 11 is 0. The summed E-state index contributed by atoms with van der Waals surface area (Å²) in [5.74, 6) is -1.82. The average Bonchev–Trinajstić information content (AvgIpc) is 3.36. The topological polar surface area (TPSA) is 162 Å². The van der Waals surface area contributed by atoms with Gasteiger partial charge < -0.3 is 20.3 Å². The minimum absolute atomic E-state index is 0.0207. The van der Waals surface area contributed by atoms with Crippen LogP contribution in [-0.2, 0) is 26.1 Å². The Balaban J connectivity index is 0.00000134. The Bertz CT molecular complexity index is 1980. The maximum atomic E-state index is 14.3. The molecule has 1 aliphatic heterocycles. The molecule has 0 spiro atoms. The molecule has 3 aromatic carbocycles. The monoisotopic (exact) mass is 652 g/mol. The summed E-state index contributed by atoms with van der Waals surface area (Å²) < 4.78 is 68.6. The molecule has 0 amide bonds. The molecule has 4 N–H and O–H groups in total. The van der Waals surface area contributed by atoms with E-state index in [2.05, 4.69) is 31.7 Å². The molecule has 1 saturated heterocycles. The molecule has 240 valence electrons. The van der Waals surface area contributed by atoms with Gasteiger partial charge in [0.05, 0.1) is 31.4 Å². The standard InChI is InChI=1S/C30H28F2N6O4S.CH2O2/c1-41-29-26(36-43(39,40)28-8-6-22(31)16-24(28)32)14-21(17-34-29)20-5-7-25-27(15-20)38(30(33)35-25)23-4-2-3-19(13-23)18-37-9-11-42-12-10-37;2-1-3/h2-8,13-17,36H,9-12,18H2,1H3,(H2,33,35);1H,(H,2,3). The number of halogens is 2. The number of hydrogen-bond donors (Lipinski definition) is 3. The molecular formula is C31H30F2N6O6S. The van der Waals surface area contributed by atoms with E-state index in [9.17, 15) is 17.2 Å². The second-order valence-electron chi connectivity index (χ2n) is 10.1.